The van der Waals surface area contributed by atoms with Gasteiger partial charge in [0.25, 0.3) is 0 Å². The van der Waals surface area contributed by atoms with E-state index in [9.17, 15) is 4.79 Å². The maximum atomic E-state index is 11.4. The number of esters is 1. The Morgan fingerprint density at radius 2 is 2.28 bits per heavy atom. The summed E-state index contributed by atoms with van der Waals surface area (Å²) in [7, 11) is 1.40. The van der Waals surface area contributed by atoms with Gasteiger partial charge in [-0.05, 0) is 37.1 Å². The van der Waals surface area contributed by atoms with Gasteiger partial charge in [0.2, 0.25) is 0 Å². The lowest BCUT2D eigenvalue weighted by Crippen LogP contribution is -2.19. The van der Waals surface area contributed by atoms with Gasteiger partial charge in [-0.1, -0.05) is 6.92 Å². The van der Waals surface area contributed by atoms with Crippen LogP contribution < -0.4 is 5.32 Å². The monoisotopic (exact) mass is 265 g/mol. The molecular weight excluding hydrogens is 246 g/mol. The quantitative estimate of drug-likeness (QED) is 0.852. The van der Waals surface area contributed by atoms with E-state index in [0.717, 1.165) is 22.3 Å². The Morgan fingerprint density at radius 1 is 1.50 bits per heavy atom. The summed E-state index contributed by atoms with van der Waals surface area (Å²) >= 11 is 2.01. The van der Waals surface area contributed by atoms with E-state index in [1.54, 1.807) is 0 Å². The second-order valence-electron chi connectivity index (χ2n) is 4.74. The molecule has 2 rings (SSSR count). The fraction of sp³-hybridized carbons (Fsp3) is 0.500. The Kier molecular flexibility index (Phi) is 4.17. The molecule has 1 N–H and O–H groups in total. The number of aryl methyl sites for hydroxylation is 1. The summed E-state index contributed by atoms with van der Waals surface area (Å²) in [6.45, 7) is 4.28. The molecule has 1 aromatic carbocycles. The molecule has 1 aliphatic heterocycles. The van der Waals surface area contributed by atoms with Crippen LogP contribution >= 0.6 is 11.8 Å². The highest BCUT2D eigenvalue weighted by Crippen LogP contribution is 2.29. The summed E-state index contributed by atoms with van der Waals surface area (Å²) in [6, 6.07) is 6.19. The Labute approximate surface area is 112 Å². The highest BCUT2D eigenvalue weighted by atomic mass is 32.2. The SMILES string of the molecule is COC(=O)c1ccc(NC2CSC(C)C2)c(C)c1. The molecule has 0 bridgehead atoms. The van der Waals surface area contributed by atoms with Gasteiger partial charge >= 0.3 is 5.97 Å². The van der Waals surface area contributed by atoms with Crippen molar-refractivity contribution in [2.24, 2.45) is 0 Å². The van der Waals surface area contributed by atoms with Crippen molar-refractivity contribution in [1.29, 1.82) is 0 Å². The summed E-state index contributed by atoms with van der Waals surface area (Å²) in [5.74, 6) is 0.869. The third-order valence-electron chi connectivity index (χ3n) is 3.21. The zero-order valence-electron chi connectivity index (χ0n) is 11.0. The first kappa shape index (κ1) is 13.3. The predicted molar refractivity (Wildman–Crippen MR) is 76.5 cm³/mol. The molecule has 18 heavy (non-hydrogen) atoms. The Balaban J connectivity index is 2.08. The third-order valence-corrected chi connectivity index (χ3v) is 4.56. The van der Waals surface area contributed by atoms with Crippen LogP contribution in [0.25, 0.3) is 0 Å². The molecule has 2 atom stereocenters. The number of ether oxygens (including phenoxy) is 1. The zero-order chi connectivity index (χ0) is 13.1. The topological polar surface area (TPSA) is 38.3 Å². The molecule has 1 saturated heterocycles. The number of hydrogen-bond acceptors (Lipinski definition) is 4. The molecule has 0 aliphatic carbocycles. The van der Waals surface area contributed by atoms with Gasteiger partial charge in [0.1, 0.15) is 0 Å². The molecule has 1 heterocycles. The summed E-state index contributed by atoms with van der Waals surface area (Å²) < 4.78 is 4.72. The largest absolute Gasteiger partial charge is 0.465 e. The lowest BCUT2D eigenvalue weighted by molar-refractivity contribution is 0.0600. The summed E-state index contributed by atoms with van der Waals surface area (Å²) in [6.07, 6.45) is 1.20. The van der Waals surface area contributed by atoms with E-state index >= 15 is 0 Å². The van der Waals surface area contributed by atoms with E-state index in [1.807, 2.05) is 36.9 Å². The minimum atomic E-state index is -0.283. The van der Waals surface area contributed by atoms with Crippen LogP contribution in [-0.4, -0.2) is 30.1 Å². The fourth-order valence-corrected chi connectivity index (χ4v) is 3.36. The first-order valence-electron chi connectivity index (χ1n) is 6.17. The van der Waals surface area contributed by atoms with Crippen LogP contribution in [0.4, 0.5) is 5.69 Å². The Hall–Kier alpha value is -1.16. The standard InChI is InChI=1S/C14H19NO2S/c1-9-6-11(14(16)17-3)4-5-13(9)15-12-7-10(2)18-8-12/h4-6,10,12,15H,7-8H2,1-3H3. The number of benzene rings is 1. The number of methoxy groups -OCH3 is 1. The van der Waals surface area contributed by atoms with Gasteiger partial charge in [-0.15, -0.1) is 0 Å². The maximum Gasteiger partial charge on any atom is 0.337 e. The number of hydrogen-bond donors (Lipinski definition) is 1. The predicted octanol–water partition coefficient (Wildman–Crippen LogP) is 3.09. The molecule has 1 aromatic rings. The van der Waals surface area contributed by atoms with Crippen LogP contribution in [0.15, 0.2) is 18.2 Å². The van der Waals surface area contributed by atoms with Crippen molar-refractivity contribution >= 4 is 23.4 Å². The molecule has 0 spiro atoms. The molecule has 0 amide bonds. The Bertz CT molecular complexity index is 447. The summed E-state index contributed by atoms with van der Waals surface area (Å²) in [4.78, 5) is 11.4. The molecule has 1 fully saturated rings. The molecule has 2 unspecified atom stereocenters. The van der Waals surface area contributed by atoms with Gasteiger partial charge in [0.05, 0.1) is 12.7 Å². The number of rotatable bonds is 3. The van der Waals surface area contributed by atoms with Crippen LogP contribution in [0, 0.1) is 6.92 Å². The van der Waals surface area contributed by atoms with E-state index in [-0.39, 0.29) is 5.97 Å². The summed E-state index contributed by atoms with van der Waals surface area (Å²) in [5, 5.41) is 4.28. The maximum absolute atomic E-state index is 11.4. The van der Waals surface area contributed by atoms with Crippen molar-refractivity contribution in [3.63, 3.8) is 0 Å². The first-order valence-corrected chi connectivity index (χ1v) is 7.22. The number of carbonyl (C=O) groups excluding carboxylic acids is 1. The van der Waals surface area contributed by atoms with Crippen molar-refractivity contribution < 1.29 is 9.53 Å². The number of nitrogens with one attached hydrogen (secondary N) is 1. The molecule has 0 radical (unpaired) electrons. The smallest absolute Gasteiger partial charge is 0.337 e. The zero-order valence-corrected chi connectivity index (χ0v) is 11.8. The molecule has 4 heteroatoms. The van der Waals surface area contributed by atoms with Crippen molar-refractivity contribution in [3.8, 4) is 0 Å². The van der Waals surface area contributed by atoms with E-state index in [4.69, 9.17) is 4.74 Å². The average molecular weight is 265 g/mol. The fourth-order valence-electron chi connectivity index (χ4n) is 2.21. The van der Waals surface area contributed by atoms with Crippen molar-refractivity contribution in [1.82, 2.24) is 0 Å². The van der Waals surface area contributed by atoms with Gasteiger partial charge in [-0.25, -0.2) is 4.79 Å². The number of thioether (sulfide) groups is 1. The van der Waals surface area contributed by atoms with Gasteiger partial charge in [0, 0.05) is 22.7 Å². The molecular formula is C14H19NO2S. The van der Waals surface area contributed by atoms with E-state index in [0.29, 0.717) is 11.6 Å². The third kappa shape index (κ3) is 2.99. The molecule has 98 valence electrons. The summed E-state index contributed by atoms with van der Waals surface area (Å²) in [5.41, 5.74) is 2.81. The van der Waals surface area contributed by atoms with E-state index in [2.05, 4.69) is 12.2 Å². The van der Waals surface area contributed by atoms with Crippen LogP contribution in [-0.2, 0) is 4.74 Å². The normalized spacial score (nSPS) is 22.8. The molecule has 0 aromatic heterocycles. The minimum absolute atomic E-state index is 0.283. The van der Waals surface area contributed by atoms with Gasteiger partial charge in [0.15, 0.2) is 0 Å². The van der Waals surface area contributed by atoms with Gasteiger partial charge in [-0.2, -0.15) is 11.8 Å². The lowest BCUT2D eigenvalue weighted by Gasteiger charge is -2.16. The van der Waals surface area contributed by atoms with Crippen molar-refractivity contribution in [2.45, 2.75) is 31.6 Å². The van der Waals surface area contributed by atoms with E-state index in [1.165, 1.54) is 13.5 Å². The molecule has 0 saturated carbocycles. The molecule has 3 nitrogen and oxygen atoms in total. The first-order chi connectivity index (χ1) is 8.60. The second-order valence-corrected chi connectivity index (χ2v) is 6.21. The highest BCUT2D eigenvalue weighted by molar-refractivity contribution is 8.00. The second kappa shape index (κ2) is 5.65. The number of anilines is 1. The molecule has 1 aliphatic rings. The van der Waals surface area contributed by atoms with Gasteiger partial charge in [-0.3, -0.25) is 0 Å². The Morgan fingerprint density at radius 3 is 2.83 bits per heavy atom. The van der Waals surface area contributed by atoms with Crippen molar-refractivity contribution in [2.75, 3.05) is 18.2 Å². The van der Waals surface area contributed by atoms with Crippen LogP contribution in [0.1, 0.15) is 29.3 Å². The van der Waals surface area contributed by atoms with E-state index < -0.39 is 0 Å². The minimum Gasteiger partial charge on any atom is -0.465 e. The van der Waals surface area contributed by atoms with Crippen LogP contribution in [0.2, 0.25) is 0 Å². The van der Waals surface area contributed by atoms with Gasteiger partial charge < -0.3 is 10.1 Å². The lowest BCUT2D eigenvalue weighted by atomic mass is 10.1. The van der Waals surface area contributed by atoms with Crippen LogP contribution in [0.3, 0.4) is 0 Å². The van der Waals surface area contributed by atoms with Crippen LogP contribution in [0.5, 0.6) is 0 Å². The highest BCUT2D eigenvalue weighted by Gasteiger charge is 2.22. The average Bonchev–Trinajstić information content (AvgIpc) is 2.76. The number of carbonyl (C=O) groups is 1. The van der Waals surface area contributed by atoms with Crippen molar-refractivity contribution in [3.05, 3.63) is 29.3 Å².